The Bertz CT molecular complexity index is 1570. The summed E-state index contributed by atoms with van der Waals surface area (Å²) in [5, 5.41) is 10.8. The zero-order valence-electron chi connectivity index (χ0n) is 26.0. The normalized spacial score (nSPS) is 11.4. The van der Waals surface area contributed by atoms with Crippen LogP contribution in [0.5, 0.6) is 11.5 Å². The minimum absolute atomic E-state index is 0.0309. The van der Waals surface area contributed by atoms with E-state index >= 15 is 0 Å². The van der Waals surface area contributed by atoms with E-state index in [1.54, 1.807) is 38.1 Å². The largest absolute Gasteiger partial charge is 0.490 e. The van der Waals surface area contributed by atoms with Gasteiger partial charge in [0, 0.05) is 35.2 Å². The van der Waals surface area contributed by atoms with Gasteiger partial charge in [0.15, 0.2) is 5.78 Å². The number of anilines is 1. The number of benzene rings is 4. The molecule has 0 spiro atoms. The molecule has 2 N–H and O–H groups in total. The van der Waals surface area contributed by atoms with Gasteiger partial charge in [0.1, 0.15) is 24.7 Å². The van der Waals surface area contributed by atoms with E-state index in [1.807, 2.05) is 66.7 Å². The maximum Gasteiger partial charge on any atom is 0.356 e. The highest BCUT2D eigenvalue weighted by Gasteiger charge is 2.21. The Hall–Kier alpha value is -4.95. The third kappa shape index (κ3) is 9.03. The number of nitrogens with one attached hydrogen (secondary N) is 2. The molecule has 0 bridgehead atoms. The van der Waals surface area contributed by atoms with Crippen LogP contribution >= 0.6 is 0 Å². The number of hydrogen-bond acceptors (Lipinski definition) is 8. The molecule has 4 rings (SSSR count). The maximum absolute atomic E-state index is 13.3. The average molecular weight is 609 g/mol. The number of carbonyl (C=O) groups excluding carboxylic acids is 2. The summed E-state index contributed by atoms with van der Waals surface area (Å²) in [5.74, 6) is 0.721. The predicted octanol–water partition coefficient (Wildman–Crippen LogP) is 7.33. The molecule has 0 fully saturated rings. The van der Waals surface area contributed by atoms with Crippen LogP contribution in [0.25, 0.3) is 11.1 Å². The molecule has 1 unspecified atom stereocenters. The zero-order valence-corrected chi connectivity index (χ0v) is 26.0. The predicted molar refractivity (Wildman–Crippen MR) is 177 cm³/mol. The van der Waals surface area contributed by atoms with Gasteiger partial charge in [-0.1, -0.05) is 67.9 Å². The summed E-state index contributed by atoms with van der Waals surface area (Å²) in [5.41, 5.74) is 5.48. The van der Waals surface area contributed by atoms with Crippen molar-refractivity contribution in [2.75, 3.05) is 31.7 Å². The van der Waals surface area contributed by atoms with Gasteiger partial charge in [-0.15, -0.1) is 0 Å². The van der Waals surface area contributed by atoms with Gasteiger partial charge in [-0.3, -0.25) is 4.79 Å². The van der Waals surface area contributed by atoms with Crippen LogP contribution in [0.3, 0.4) is 0 Å². The summed E-state index contributed by atoms with van der Waals surface area (Å²) in [4.78, 5) is 25.5. The zero-order chi connectivity index (χ0) is 32.0. The number of aryl methyl sites for hydroxylation is 1. The van der Waals surface area contributed by atoms with Crippen molar-refractivity contribution in [2.24, 2.45) is 0 Å². The number of ketones is 1. The summed E-state index contributed by atoms with van der Waals surface area (Å²) < 4.78 is 22.5. The minimum atomic E-state index is -0.979. The summed E-state index contributed by atoms with van der Waals surface area (Å²) in [6, 6.07) is 28.5. The molecule has 0 amide bonds. The van der Waals surface area contributed by atoms with E-state index in [4.69, 9.17) is 24.4 Å². The van der Waals surface area contributed by atoms with Crippen LogP contribution in [0.2, 0.25) is 0 Å². The van der Waals surface area contributed by atoms with Gasteiger partial charge in [0.25, 0.3) is 0 Å². The lowest BCUT2D eigenvalue weighted by Crippen LogP contribution is -2.34. The van der Waals surface area contributed by atoms with Crippen molar-refractivity contribution < 1.29 is 28.5 Å². The minimum Gasteiger partial charge on any atom is -0.490 e. The molecule has 4 aromatic carbocycles. The van der Waals surface area contributed by atoms with Crippen LogP contribution in [-0.2, 0) is 20.7 Å². The molecule has 0 aliphatic carbocycles. The first-order valence-electron chi connectivity index (χ1n) is 15.2. The maximum atomic E-state index is 13.3. The number of rotatable bonds is 17. The van der Waals surface area contributed by atoms with Crippen molar-refractivity contribution in [2.45, 2.75) is 39.8 Å². The quantitative estimate of drug-likeness (QED) is 0.0425. The van der Waals surface area contributed by atoms with Gasteiger partial charge >= 0.3 is 5.97 Å². The molecular formula is C37H40N2O6. The number of carbonyl (C=O) groups is 2. The van der Waals surface area contributed by atoms with E-state index in [2.05, 4.69) is 12.2 Å². The molecule has 0 heterocycles. The molecule has 234 valence electrons. The molecule has 8 heteroatoms. The summed E-state index contributed by atoms with van der Waals surface area (Å²) >= 11 is 0. The smallest absolute Gasteiger partial charge is 0.356 e. The molecule has 0 saturated carbocycles. The Balaban J connectivity index is 1.36. The van der Waals surface area contributed by atoms with Crippen LogP contribution in [0.1, 0.15) is 54.2 Å². The molecule has 8 nitrogen and oxygen atoms in total. The van der Waals surface area contributed by atoms with Crippen LogP contribution in [0.15, 0.2) is 91.0 Å². The van der Waals surface area contributed by atoms with E-state index in [0.29, 0.717) is 41.3 Å². The second kappa shape index (κ2) is 16.8. The van der Waals surface area contributed by atoms with Crippen LogP contribution in [-0.4, -0.2) is 50.6 Å². The summed E-state index contributed by atoms with van der Waals surface area (Å²) in [7, 11) is 0. The second-order valence-electron chi connectivity index (χ2n) is 10.2. The lowest BCUT2D eigenvalue weighted by atomic mass is 9.97. The van der Waals surface area contributed by atoms with E-state index in [-0.39, 0.29) is 19.0 Å². The topological polar surface area (TPSA) is 107 Å². The third-order valence-corrected chi connectivity index (χ3v) is 7.00. The van der Waals surface area contributed by atoms with Crippen LogP contribution in [0.4, 0.5) is 5.69 Å². The fourth-order valence-corrected chi connectivity index (χ4v) is 4.82. The number of esters is 1. The van der Waals surface area contributed by atoms with Crippen LogP contribution in [0, 0.1) is 5.41 Å². The Kier molecular flexibility index (Phi) is 12.3. The number of ether oxygens (including phenoxy) is 4. The van der Waals surface area contributed by atoms with E-state index in [1.165, 1.54) is 6.21 Å². The standard InChI is InChI=1S/C37H40N2O6/c1-4-10-29-23-30(35(40)28-15-13-27(14-16-28)26-11-8-7-9-12-26)17-20-34(29)45-22-21-44-32-18-19-33(31(24-32)25-38)39-36(42-5-2)37(41)43-6-3/h7-9,11-20,23-25,36,38-39H,4-6,10,21-22H2,1-3H3. The van der Waals surface area contributed by atoms with Crippen molar-refractivity contribution in [3.8, 4) is 22.6 Å². The third-order valence-electron chi connectivity index (χ3n) is 7.00. The molecule has 0 aromatic heterocycles. The van der Waals surface area contributed by atoms with Gasteiger partial charge in [-0.2, -0.15) is 0 Å². The molecule has 0 aliphatic heterocycles. The van der Waals surface area contributed by atoms with Gasteiger partial charge in [0.05, 0.1) is 6.61 Å². The molecule has 0 aliphatic rings. The molecule has 45 heavy (non-hydrogen) atoms. The fourth-order valence-electron chi connectivity index (χ4n) is 4.82. The van der Waals surface area contributed by atoms with E-state index in [0.717, 1.165) is 35.3 Å². The van der Waals surface area contributed by atoms with Crippen molar-refractivity contribution in [1.29, 1.82) is 5.41 Å². The van der Waals surface area contributed by atoms with Crippen molar-refractivity contribution >= 4 is 23.7 Å². The second-order valence-corrected chi connectivity index (χ2v) is 10.2. The lowest BCUT2D eigenvalue weighted by molar-refractivity contribution is -0.154. The Morgan fingerprint density at radius 3 is 2.20 bits per heavy atom. The first kappa shape index (κ1) is 33.0. The van der Waals surface area contributed by atoms with Crippen LogP contribution < -0.4 is 14.8 Å². The van der Waals surface area contributed by atoms with Crippen molar-refractivity contribution in [1.82, 2.24) is 0 Å². The van der Waals surface area contributed by atoms with Crippen molar-refractivity contribution in [3.05, 3.63) is 113 Å². The SMILES string of the molecule is CCCc1cc(C(=O)c2ccc(-c3ccccc3)cc2)ccc1OCCOc1ccc(NC(OCC)C(=O)OCC)c(C=N)c1. The highest BCUT2D eigenvalue weighted by Crippen LogP contribution is 2.26. The van der Waals surface area contributed by atoms with E-state index < -0.39 is 12.2 Å². The van der Waals surface area contributed by atoms with E-state index in [9.17, 15) is 9.59 Å². The molecule has 4 aromatic rings. The molecule has 0 radical (unpaired) electrons. The molecular weight excluding hydrogens is 568 g/mol. The molecule has 0 saturated heterocycles. The fraction of sp³-hybridized carbons (Fsp3) is 0.270. The van der Waals surface area contributed by atoms with Crippen molar-refractivity contribution in [3.63, 3.8) is 0 Å². The first-order valence-corrected chi connectivity index (χ1v) is 15.2. The van der Waals surface area contributed by atoms with Gasteiger partial charge in [-0.05, 0) is 73.4 Å². The highest BCUT2D eigenvalue weighted by molar-refractivity contribution is 6.09. The molecule has 1 atom stereocenters. The summed E-state index contributed by atoms with van der Waals surface area (Å²) in [6.07, 6.45) is 1.88. The highest BCUT2D eigenvalue weighted by atomic mass is 16.6. The number of hydrogen-bond donors (Lipinski definition) is 2. The average Bonchev–Trinajstić information content (AvgIpc) is 3.07. The monoisotopic (exact) mass is 608 g/mol. The van der Waals surface area contributed by atoms with Gasteiger partial charge in [-0.25, -0.2) is 4.79 Å². The Morgan fingerprint density at radius 2 is 1.51 bits per heavy atom. The summed E-state index contributed by atoms with van der Waals surface area (Å²) in [6.45, 7) is 6.73. The Morgan fingerprint density at radius 1 is 0.800 bits per heavy atom. The lowest BCUT2D eigenvalue weighted by Gasteiger charge is -2.19. The Labute approximate surface area is 264 Å². The van der Waals surface area contributed by atoms with Gasteiger partial charge < -0.3 is 29.7 Å². The first-order chi connectivity index (χ1) is 22.0. The van der Waals surface area contributed by atoms with Gasteiger partial charge in [0.2, 0.25) is 6.23 Å².